The maximum Gasteiger partial charge on any atom is 0.232 e. The maximum absolute atomic E-state index is 6.40. The highest BCUT2D eigenvalue weighted by Gasteiger charge is 2.41. The van der Waals surface area contributed by atoms with Gasteiger partial charge in [0.2, 0.25) is 17.4 Å². The van der Waals surface area contributed by atoms with Crippen molar-refractivity contribution in [1.29, 1.82) is 0 Å². The maximum atomic E-state index is 6.40. The lowest BCUT2D eigenvalue weighted by atomic mass is 9.98. The molecule has 2 aromatic heterocycles. The fraction of sp³-hybridized carbons (Fsp3) is 0.483. The molecule has 0 spiro atoms. The molecule has 2 aromatic carbocycles. The topological polar surface area (TPSA) is 104 Å². The lowest BCUT2D eigenvalue weighted by Gasteiger charge is -2.34. The fourth-order valence-corrected chi connectivity index (χ4v) is 4.69. The second-order valence-electron chi connectivity index (χ2n) is 10.4. The van der Waals surface area contributed by atoms with E-state index in [1.54, 1.807) is 0 Å². The normalized spacial score (nSPS) is 12.3. The molecule has 0 saturated heterocycles. The molecule has 4 aromatic rings. The molecular formula is C29H39N7O2. The average molecular weight is 518 g/mol. The zero-order valence-electron chi connectivity index (χ0n) is 23.5. The second-order valence-corrected chi connectivity index (χ2v) is 10.4. The van der Waals surface area contributed by atoms with Crippen LogP contribution in [0.3, 0.4) is 0 Å². The largest absolute Gasteiger partial charge is 0.341 e. The summed E-state index contributed by atoms with van der Waals surface area (Å²) in [5.74, 6) is 1.07. The molecule has 0 aliphatic rings. The Morgan fingerprint density at radius 3 is 2.11 bits per heavy atom. The van der Waals surface area contributed by atoms with Crippen molar-refractivity contribution in [3.63, 3.8) is 0 Å². The number of hydrogen-bond acceptors (Lipinski definition) is 7. The Kier molecular flexibility index (Phi) is 8.69. The number of hydrogen-bond donors (Lipinski definition) is 1. The van der Waals surface area contributed by atoms with Gasteiger partial charge < -0.3 is 9.47 Å². The molecule has 9 nitrogen and oxygen atoms in total. The van der Waals surface area contributed by atoms with Gasteiger partial charge in [-0.05, 0) is 63.4 Å². The van der Waals surface area contributed by atoms with Crippen LogP contribution in [0, 0.1) is 0 Å². The van der Waals surface area contributed by atoms with Crippen molar-refractivity contribution in [3.8, 4) is 22.5 Å². The zero-order valence-corrected chi connectivity index (χ0v) is 23.5. The van der Waals surface area contributed by atoms with Crippen LogP contribution in [0.1, 0.15) is 84.6 Å². The Morgan fingerprint density at radius 2 is 1.55 bits per heavy atom. The highest BCUT2D eigenvalue weighted by Crippen LogP contribution is 2.34. The van der Waals surface area contributed by atoms with Crippen molar-refractivity contribution in [2.24, 2.45) is 0 Å². The first-order valence-corrected chi connectivity index (χ1v) is 13.5. The molecule has 0 unspecified atom stereocenters. The van der Waals surface area contributed by atoms with Crippen LogP contribution in [0.4, 0.5) is 0 Å². The number of tetrazole rings is 1. The minimum absolute atomic E-state index is 0.0300. The van der Waals surface area contributed by atoms with E-state index >= 15 is 0 Å². The van der Waals surface area contributed by atoms with E-state index in [1.165, 1.54) is 0 Å². The van der Waals surface area contributed by atoms with Crippen LogP contribution in [0.15, 0.2) is 48.5 Å². The third-order valence-electron chi connectivity index (χ3n) is 6.10. The van der Waals surface area contributed by atoms with Gasteiger partial charge in [0.05, 0.1) is 12.2 Å². The molecular weight excluding hydrogens is 478 g/mol. The summed E-state index contributed by atoms with van der Waals surface area (Å²) < 4.78 is 14.8. The van der Waals surface area contributed by atoms with E-state index in [4.69, 9.17) is 19.6 Å². The summed E-state index contributed by atoms with van der Waals surface area (Å²) >= 11 is 0. The van der Waals surface area contributed by atoms with Gasteiger partial charge in [0.15, 0.2) is 0 Å². The van der Waals surface area contributed by atoms with Crippen LogP contribution in [-0.4, -0.2) is 47.6 Å². The lowest BCUT2D eigenvalue weighted by molar-refractivity contribution is -0.286. The Hall–Kier alpha value is -3.43. The zero-order chi connectivity index (χ0) is 27.3. The first-order valence-electron chi connectivity index (χ1n) is 13.5. The molecule has 38 heavy (non-hydrogen) atoms. The molecule has 0 fully saturated rings. The predicted molar refractivity (Wildman–Crippen MR) is 147 cm³/mol. The van der Waals surface area contributed by atoms with Gasteiger partial charge >= 0.3 is 0 Å². The highest BCUT2D eigenvalue weighted by molar-refractivity contribution is 5.80. The summed E-state index contributed by atoms with van der Waals surface area (Å²) in [5, 5.41) is 19.5. The Labute approximate surface area is 225 Å². The van der Waals surface area contributed by atoms with E-state index in [9.17, 15) is 0 Å². The number of benzene rings is 2. The van der Waals surface area contributed by atoms with Crippen LogP contribution >= 0.6 is 0 Å². The molecule has 4 rings (SSSR count). The third kappa shape index (κ3) is 6.16. The average Bonchev–Trinajstić information content (AvgIpc) is 3.55. The molecule has 0 aliphatic carbocycles. The molecule has 0 bridgehead atoms. The standard InChI is InChI=1S/C29H39N7O2/c1-8-17-29(37-20(4)5,38-21(6)7)28-30-26(36(33-28)19(2)3)18-22-13-15-23(16-14-22)24-11-9-10-12-25(24)27-31-34-35-32-27/h9-16,19-21H,8,17-18H2,1-7H3,(H,31,32,34,35). The first kappa shape index (κ1) is 27.6. The highest BCUT2D eigenvalue weighted by atomic mass is 16.7. The minimum atomic E-state index is -0.977. The van der Waals surface area contributed by atoms with Crippen LogP contribution in [0.25, 0.3) is 22.5 Å². The van der Waals surface area contributed by atoms with Crippen molar-refractivity contribution < 1.29 is 9.47 Å². The summed E-state index contributed by atoms with van der Waals surface area (Å²) in [5.41, 5.74) is 4.20. The van der Waals surface area contributed by atoms with E-state index in [0.717, 1.165) is 34.5 Å². The molecule has 0 saturated carbocycles. The smallest absolute Gasteiger partial charge is 0.232 e. The van der Waals surface area contributed by atoms with Gasteiger partial charge in [0.1, 0.15) is 5.82 Å². The van der Waals surface area contributed by atoms with Crippen molar-refractivity contribution in [1.82, 2.24) is 35.4 Å². The van der Waals surface area contributed by atoms with Crippen molar-refractivity contribution in [2.45, 2.75) is 91.8 Å². The van der Waals surface area contributed by atoms with Crippen molar-refractivity contribution in [3.05, 3.63) is 65.7 Å². The van der Waals surface area contributed by atoms with E-state index in [2.05, 4.69) is 71.7 Å². The SMILES string of the molecule is CCCC(OC(C)C)(OC(C)C)c1nc(Cc2ccc(-c3ccccc3-c3nn[nH]n3)cc2)n(C(C)C)n1. The van der Waals surface area contributed by atoms with Gasteiger partial charge in [0, 0.05) is 24.4 Å². The molecule has 1 N–H and O–H groups in total. The van der Waals surface area contributed by atoms with E-state index in [0.29, 0.717) is 24.5 Å². The molecule has 0 aliphatic heterocycles. The molecule has 2 heterocycles. The summed E-state index contributed by atoms with van der Waals surface area (Å²) in [6.45, 7) is 14.4. The van der Waals surface area contributed by atoms with Crippen LogP contribution in [0.2, 0.25) is 0 Å². The van der Waals surface area contributed by atoms with Gasteiger partial charge in [-0.25, -0.2) is 9.67 Å². The second kappa shape index (κ2) is 12.0. The molecule has 0 atom stereocenters. The Morgan fingerprint density at radius 1 is 0.895 bits per heavy atom. The van der Waals surface area contributed by atoms with Crippen LogP contribution in [-0.2, 0) is 21.7 Å². The monoisotopic (exact) mass is 517 g/mol. The number of aromatic amines is 1. The van der Waals surface area contributed by atoms with Crippen molar-refractivity contribution >= 4 is 0 Å². The van der Waals surface area contributed by atoms with Gasteiger partial charge in [-0.1, -0.05) is 61.9 Å². The third-order valence-corrected chi connectivity index (χ3v) is 6.10. The van der Waals surface area contributed by atoms with Crippen LogP contribution in [0.5, 0.6) is 0 Å². The summed E-state index contributed by atoms with van der Waals surface area (Å²) in [7, 11) is 0. The molecule has 0 radical (unpaired) electrons. The van der Waals surface area contributed by atoms with Crippen molar-refractivity contribution in [2.75, 3.05) is 0 Å². The van der Waals surface area contributed by atoms with Gasteiger partial charge in [0.25, 0.3) is 0 Å². The number of nitrogens with zero attached hydrogens (tertiary/aromatic N) is 6. The van der Waals surface area contributed by atoms with Gasteiger partial charge in [-0.2, -0.15) is 5.21 Å². The van der Waals surface area contributed by atoms with E-state index < -0.39 is 5.79 Å². The number of nitrogens with one attached hydrogen (secondary N) is 1. The molecule has 9 heteroatoms. The van der Waals surface area contributed by atoms with Gasteiger partial charge in [-0.3, -0.25) is 0 Å². The molecule has 0 amide bonds. The predicted octanol–water partition coefficient (Wildman–Crippen LogP) is 6.10. The van der Waals surface area contributed by atoms with Gasteiger partial charge in [-0.15, -0.1) is 15.3 Å². The summed E-state index contributed by atoms with van der Waals surface area (Å²) in [4.78, 5) is 5.03. The minimum Gasteiger partial charge on any atom is -0.341 e. The lowest BCUT2D eigenvalue weighted by Crippen LogP contribution is -2.39. The number of ether oxygens (including phenoxy) is 2. The number of aromatic nitrogens is 7. The van der Waals surface area contributed by atoms with E-state index in [1.807, 2.05) is 50.6 Å². The van der Waals surface area contributed by atoms with E-state index in [-0.39, 0.29) is 18.2 Å². The number of rotatable bonds is 12. The summed E-state index contributed by atoms with van der Waals surface area (Å²) in [6.07, 6.45) is 2.15. The van der Waals surface area contributed by atoms with Crippen LogP contribution < -0.4 is 0 Å². The Bertz CT molecular complexity index is 1280. The summed E-state index contributed by atoms with van der Waals surface area (Å²) in [6, 6.07) is 16.7. The quantitative estimate of drug-likeness (QED) is 0.226. The molecule has 202 valence electrons. The Balaban J connectivity index is 1.66. The fourth-order valence-electron chi connectivity index (χ4n) is 4.69. The first-order chi connectivity index (χ1) is 18.2. The number of H-pyrrole nitrogens is 1.